The molecule has 7 nitrogen and oxygen atoms in total. The van der Waals surface area contributed by atoms with Crippen LogP contribution in [0.1, 0.15) is 5.56 Å². The summed E-state index contributed by atoms with van der Waals surface area (Å²) in [6.07, 6.45) is 0. The molecular weight excluding hydrogens is 401 g/mol. The number of carbonyl (C=O) groups excluding carboxylic acids is 1. The van der Waals surface area contributed by atoms with Crippen molar-refractivity contribution in [1.29, 1.82) is 0 Å². The normalized spacial score (nSPS) is 11.1. The SMILES string of the molecule is COc1ccc(C)cc1S(=O)(=O)N(CC(=O)NN)c1ccc(Cl)c(Cl)c1. The van der Waals surface area contributed by atoms with Crippen molar-refractivity contribution in [3.63, 3.8) is 0 Å². The highest BCUT2D eigenvalue weighted by Crippen LogP contribution is 2.33. The number of hydrogen-bond acceptors (Lipinski definition) is 5. The van der Waals surface area contributed by atoms with Crippen LogP contribution in [-0.2, 0) is 14.8 Å². The molecular formula is C16H17Cl2N3O4S. The van der Waals surface area contributed by atoms with Crippen molar-refractivity contribution in [2.75, 3.05) is 18.0 Å². The summed E-state index contributed by atoms with van der Waals surface area (Å²) in [5.41, 5.74) is 2.79. The van der Waals surface area contributed by atoms with Crippen LogP contribution in [0.5, 0.6) is 5.75 Å². The lowest BCUT2D eigenvalue weighted by Crippen LogP contribution is -2.43. The number of hydrogen-bond donors (Lipinski definition) is 2. The molecule has 0 heterocycles. The Bertz CT molecular complexity index is 935. The van der Waals surface area contributed by atoms with Gasteiger partial charge in [0.25, 0.3) is 15.9 Å². The van der Waals surface area contributed by atoms with E-state index < -0.39 is 22.5 Å². The molecule has 0 saturated carbocycles. The number of nitrogens with one attached hydrogen (secondary N) is 1. The monoisotopic (exact) mass is 417 g/mol. The lowest BCUT2D eigenvalue weighted by atomic mass is 10.2. The van der Waals surface area contributed by atoms with Crippen LogP contribution in [0.3, 0.4) is 0 Å². The van der Waals surface area contributed by atoms with Crippen molar-refractivity contribution >= 4 is 44.8 Å². The van der Waals surface area contributed by atoms with Gasteiger partial charge in [-0.15, -0.1) is 0 Å². The number of nitrogens with two attached hydrogens (primary N) is 1. The number of anilines is 1. The molecule has 0 atom stereocenters. The zero-order valence-corrected chi connectivity index (χ0v) is 16.3. The van der Waals surface area contributed by atoms with Crippen molar-refractivity contribution in [3.8, 4) is 5.75 Å². The summed E-state index contributed by atoms with van der Waals surface area (Å²) >= 11 is 11.9. The first-order chi connectivity index (χ1) is 12.2. The van der Waals surface area contributed by atoms with E-state index in [9.17, 15) is 13.2 Å². The zero-order chi connectivity index (χ0) is 19.5. The van der Waals surface area contributed by atoms with Crippen LogP contribution >= 0.6 is 23.2 Å². The number of sulfonamides is 1. The Morgan fingerprint density at radius 3 is 2.46 bits per heavy atom. The summed E-state index contributed by atoms with van der Waals surface area (Å²) in [4.78, 5) is 11.7. The zero-order valence-electron chi connectivity index (χ0n) is 14.0. The van der Waals surface area contributed by atoms with E-state index in [0.29, 0.717) is 5.56 Å². The number of aryl methyl sites for hydroxylation is 1. The molecule has 10 heteroatoms. The molecule has 1 amide bonds. The number of methoxy groups -OCH3 is 1. The van der Waals surface area contributed by atoms with Gasteiger partial charge in [-0.2, -0.15) is 0 Å². The van der Waals surface area contributed by atoms with E-state index in [4.69, 9.17) is 33.8 Å². The summed E-state index contributed by atoms with van der Waals surface area (Å²) in [5, 5.41) is 0.401. The molecule has 0 aliphatic heterocycles. The lowest BCUT2D eigenvalue weighted by Gasteiger charge is -2.25. The third-order valence-corrected chi connectivity index (χ3v) is 6.06. The number of benzene rings is 2. The van der Waals surface area contributed by atoms with Gasteiger partial charge in [0.1, 0.15) is 17.2 Å². The Balaban J connectivity index is 2.65. The van der Waals surface area contributed by atoms with Gasteiger partial charge in [-0.05, 0) is 42.8 Å². The number of nitrogens with zero attached hydrogens (tertiary/aromatic N) is 1. The molecule has 0 bridgehead atoms. The van der Waals surface area contributed by atoms with Crippen LogP contribution in [0.2, 0.25) is 10.0 Å². The van der Waals surface area contributed by atoms with Gasteiger partial charge in [-0.25, -0.2) is 14.3 Å². The van der Waals surface area contributed by atoms with Crippen molar-refractivity contribution in [2.45, 2.75) is 11.8 Å². The van der Waals surface area contributed by atoms with Gasteiger partial charge in [0.15, 0.2) is 0 Å². The molecule has 0 spiro atoms. The molecule has 2 aromatic carbocycles. The molecule has 0 fully saturated rings. The molecule has 0 radical (unpaired) electrons. The van der Waals surface area contributed by atoms with E-state index in [1.54, 1.807) is 13.0 Å². The van der Waals surface area contributed by atoms with E-state index in [1.807, 2.05) is 5.43 Å². The molecule has 0 aliphatic carbocycles. The van der Waals surface area contributed by atoms with Crippen LogP contribution < -0.4 is 20.3 Å². The smallest absolute Gasteiger partial charge is 0.268 e. The topological polar surface area (TPSA) is 102 Å². The van der Waals surface area contributed by atoms with Gasteiger partial charge in [0.05, 0.1) is 22.8 Å². The fourth-order valence-corrected chi connectivity index (χ4v) is 4.18. The highest BCUT2D eigenvalue weighted by molar-refractivity contribution is 7.93. The first-order valence-electron chi connectivity index (χ1n) is 7.32. The number of carbonyl (C=O) groups is 1. The minimum absolute atomic E-state index is 0.0871. The maximum Gasteiger partial charge on any atom is 0.268 e. The second-order valence-corrected chi connectivity index (χ2v) is 7.98. The summed E-state index contributed by atoms with van der Waals surface area (Å²) in [6.45, 7) is 1.20. The average Bonchev–Trinajstić information content (AvgIpc) is 2.61. The van der Waals surface area contributed by atoms with Gasteiger partial charge >= 0.3 is 0 Å². The van der Waals surface area contributed by atoms with E-state index in [1.165, 1.54) is 37.4 Å². The van der Waals surface area contributed by atoms with Gasteiger partial charge < -0.3 is 4.74 Å². The first-order valence-corrected chi connectivity index (χ1v) is 9.52. The number of hydrazine groups is 1. The molecule has 0 saturated heterocycles. The maximum absolute atomic E-state index is 13.3. The predicted octanol–water partition coefficient (Wildman–Crippen LogP) is 2.50. The predicted molar refractivity (Wildman–Crippen MR) is 101 cm³/mol. The van der Waals surface area contributed by atoms with E-state index in [0.717, 1.165) is 4.31 Å². The quantitative estimate of drug-likeness (QED) is 0.427. The maximum atomic E-state index is 13.3. The summed E-state index contributed by atoms with van der Waals surface area (Å²) in [5.74, 6) is 4.57. The standard InChI is InChI=1S/C16H17Cl2N3O4S/c1-10-3-6-14(25-2)15(7-10)26(23,24)21(9-16(22)20-19)11-4-5-12(17)13(18)8-11/h3-8H,9,19H2,1-2H3,(H,20,22). The molecule has 2 rings (SSSR count). The fraction of sp³-hybridized carbons (Fsp3) is 0.188. The van der Waals surface area contributed by atoms with Gasteiger partial charge in [-0.1, -0.05) is 29.3 Å². The van der Waals surface area contributed by atoms with Crippen LogP contribution in [0.4, 0.5) is 5.69 Å². The Labute approximate surface area is 161 Å². The second-order valence-electron chi connectivity index (χ2n) is 5.33. The number of ether oxygens (including phenoxy) is 1. The van der Waals surface area contributed by atoms with Crippen molar-refractivity contribution in [3.05, 3.63) is 52.0 Å². The number of amides is 1. The van der Waals surface area contributed by atoms with Gasteiger partial charge in [-0.3, -0.25) is 14.5 Å². The van der Waals surface area contributed by atoms with Gasteiger partial charge in [0, 0.05) is 0 Å². The Hall–Kier alpha value is -2.00. The minimum atomic E-state index is -4.16. The van der Waals surface area contributed by atoms with E-state index in [2.05, 4.69) is 0 Å². The highest BCUT2D eigenvalue weighted by atomic mass is 35.5. The fourth-order valence-electron chi connectivity index (χ4n) is 2.24. The van der Waals surface area contributed by atoms with Crippen molar-refractivity contribution in [1.82, 2.24) is 5.43 Å². The summed E-state index contributed by atoms with van der Waals surface area (Å²) in [6, 6.07) is 8.95. The van der Waals surface area contributed by atoms with E-state index >= 15 is 0 Å². The molecule has 0 unspecified atom stereocenters. The molecule has 0 aliphatic rings. The minimum Gasteiger partial charge on any atom is -0.495 e. The first kappa shape index (κ1) is 20.3. The Morgan fingerprint density at radius 2 is 1.88 bits per heavy atom. The van der Waals surface area contributed by atoms with Crippen LogP contribution in [-0.4, -0.2) is 28.0 Å². The average molecular weight is 418 g/mol. The Kier molecular flexibility index (Phi) is 6.35. The van der Waals surface area contributed by atoms with Crippen molar-refractivity contribution in [2.24, 2.45) is 5.84 Å². The lowest BCUT2D eigenvalue weighted by molar-refractivity contribution is -0.119. The third-order valence-electron chi connectivity index (χ3n) is 3.53. The Morgan fingerprint density at radius 1 is 1.19 bits per heavy atom. The molecule has 3 N–H and O–H groups in total. The molecule has 26 heavy (non-hydrogen) atoms. The molecule has 140 valence electrons. The number of rotatable bonds is 6. The highest BCUT2D eigenvalue weighted by Gasteiger charge is 2.30. The summed E-state index contributed by atoms with van der Waals surface area (Å²) in [7, 11) is -2.80. The molecule has 2 aromatic rings. The summed E-state index contributed by atoms with van der Waals surface area (Å²) < 4.78 is 32.6. The van der Waals surface area contributed by atoms with Crippen LogP contribution in [0.15, 0.2) is 41.3 Å². The second kappa shape index (κ2) is 8.13. The largest absolute Gasteiger partial charge is 0.495 e. The van der Waals surface area contributed by atoms with Gasteiger partial charge in [0.2, 0.25) is 0 Å². The van der Waals surface area contributed by atoms with Crippen LogP contribution in [0.25, 0.3) is 0 Å². The van der Waals surface area contributed by atoms with E-state index in [-0.39, 0.29) is 26.4 Å². The number of halogens is 2. The third kappa shape index (κ3) is 4.21. The molecule has 0 aromatic heterocycles. The van der Waals surface area contributed by atoms with Crippen molar-refractivity contribution < 1.29 is 17.9 Å². The van der Waals surface area contributed by atoms with Crippen LogP contribution in [0, 0.1) is 6.92 Å².